The third-order valence-corrected chi connectivity index (χ3v) is 4.45. The number of fused-ring (bicyclic) bond motifs is 2. The van der Waals surface area contributed by atoms with Crippen molar-refractivity contribution < 1.29 is 4.79 Å². The van der Waals surface area contributed by atoms with E-state index in [1.807, 2.05) is 0 Å². The molecule has 2 aliphatic heterocycles. The summed E-state index contributed by atoms with van der Waals surface area (Å²) in [7, 11) is 0. The maximum atomic E-state index is 12.1. The Labute approximate surface area is 103 Å². The van der Waals surface area contributed by atoms with Gasteiger partial charge in [0.2, 0.25) is 5.91 Å². The molecule has 3 rings (SSSR count). The van der Waals surface area contributed by atoms with E-state index in [-0.39, 0.29) is 5.41 Å². The summed E-state index contributed by atoms with van der Waals surface area (Å²) in [5, 5.41) is 0. The Kier molecular flexibility index (Phi) is 2.29. The Morgan fingerprint density at radius 3 is 2.71 bits per heavy atom. The fourth-order valence-electron chi connectivity index (χ4n) is 3.22. The monoisotopic (exact) mass is 229 g/mol. The number of hydrogen-bond acceptors (Lipinski definition) is 1. The van der Waals surface area contributed by atoms with E-state index in [9.17, 15) is 4.79 Å². The van der Waals surface area contributed by atoms with Gasteiger partial charge in [0.05, 0.1) is 0 Å². The zero-order valence-electron chi connectivity index (χ0n) is 10.6. The molecule has 90 valence electrons. The van der Waals surface area contributed by atoms with E-state index < -0.39 is 0 Å². The lowest BCUT2D eigenvalue weighted by Crippen LogP contribution is -2.55. The molecule has 17 heavy (non-hydrogen) atoms. The highest BCUT2D eigenvalue weighted by Gasteiger charge is 2.43. The lowest BCUT2D eigenvalue weighted by Gasteiger charge is -2.49. The van der Waals surface area contributed by atoms with Gasteiger partial charge in [-0.3, -0.25) is 4.79 Å². The highest BCUT2D eigenvalue weighted by atomic mass is 16.2. The van der Waals surface area contributed by atoms with Gasteiger partial charge in [0.1, 0.15) is 0 Å². The summed E-state index contributed by atoms with van der Waals surface area (Å²) < 4.78 is 0. The van der Waals surface area contributed by atoms with Crippen LogP contribution in [0.4, 0.5) is 0 Å². The third-order valence-electron chi connectivity index (χ3n) is 4.45. The molecule has 1 fully saturated rings. The molecule has 1 atom stereocenters. The Morgan fingerprint density at radius 1 is 1.24 bits per heavy atom. The molecule has 0 bridgehead atoms. The van der Waals surface area contributed by atoms with Gasteiger partial charge in [0, 0.05) is 19.0 Å². The third kappa shape index (κ3) is 1.67. The van der Waals surface area contributed by atoms with Gasteiger partial charge < -0.3 is 4.90 Å². The molecule has 1 unspecified atom stereocenters. The number of benzene rings is 1. The molecule has 1 saturated heterocycles. The van der Waals surface area contributed by atoms with Crippen LogP contribution in [-0.2, 0) is 17.8 Å². The summed E-state index contributed by atoms with van der Waals surface area (Å²) >= 11 is 0. The number of piperidine rings is 1. The van der Waals surface area contributed by atoms with Crippen LogP contribution < -0.4 is 0 Å². The summed E-state index contributed by atoms with van der Waals surface area (Å²) in [5.74, 6) is 0.337. The Morgan fingerprint density at radius 2 is 1.94 bits per heavy atom. The molecule has 2 nitrogen and oxygen atoms in total. The van der Waals surface area contributed by atoms with E-state index in [1.165, 1.54) is 11.1 Å². The molecule has 0 saturated carbocycles. The van der Waals surface area contributed by atoms with E-state index in [0.717, 1.165) is 19.4 Å². The summed E-state index contributed by atoms with van der Waals surface area (Å²) in [5.41, 5.74) is 3.01. The van der Waals surface area contributed by atoms with Gasteiger partial charge in [-0.2, -0.15) is 0 Å². The number of carbonyl (C=O) groups excluding carboxylic acids is 1. The summed E-state index contributed by atoms with van der Waals surface area (Å²) in [6.45, 7) is 5.40. The summed E-state index contributed by atoms with van der Waals surface area (Å²) in [4.78, 5) is 14.2. The molecule has 1 amide bonds. The van der Waals surface area contributed by atoms with Crippen molar-refractivity contribution in [1.29, 1.82) is 0 Å². The average Bonchev–Trinajstić information content (AvgIpc) is 2.33. The van der Waals surface area contributed by atoms with Crippen LogP contribution in [0.15, 0.2) is 24.3 Å². The van der Waals surface area contributed by atoms with Crippen LogP contribution >= 0.6 is 0 Å². The van der Waals surface area contributed by atoms with Crippen molar-refractivity contribution in [2.45, 2.75) is 45.7 Å². The smallest absolute Gasteiger partial charge is 0.223 e. The highest BCUT2D eigenvalue weighted by molar-refractivity contribution is 5.78. The normalized spacial score (nSPS) is 26.4. The topological polar surface area (TPSA) is 20.3 Å². The number of carbonyl (C=O) groups is 1. The first-order valence-electron chi connectivity index (χ1n) is 6.44. The maximum Gasteiger partial charge on any atom is 0.223 e. The highest BCUT2D eigenvalue weighted by Crippen LogP contribution is 2.40. The molecule has 0 spiro atoms. The zero-order chi connectivity index (χ0) is 12.0. The fraction of sp³-hybridized carbons (Fsp3) is 0.533. The van der Waals surface area contributed by atoms with Crippen LogP contribution in [-0.4, -0.2) is 16.8 Å². The van der Waals surface area contributed by atoms with E-state index in [1.54, 1.807) is 0 Å². The van der Waals surface area contributed by atoms with Crippen LogP contribution in [0.5, 0.6) is 0 Å². The van der Waals surface area contributed by atoms with Crippen molar-refractivity contribution in [2.75, 3.05) is 0 Å². The molecular weight excluding hydrogens is 210 g/mol. The van der Waals surface area contributed by atoms with E-state index >= 15 is 0 Å². The number of rotatable bonds is 0. The lowest BCUT2D eigenvalue weighted by atomic mass is 9.71. The van der Waals surface area contributed by atoms with Crippen LogP contribution in [0.1, 0.15) is 37.8 Å². The van der Waals surface area contributed by atoms with E-state index in [0.29, 0.717) is 18.4 Å². The van der Waals surface area contributed by atoms with Gasteiger partial charge in [0.25, 0.3) is 0 Å². The minimum atomic E-state index is 0.251. The number of hydrogen-bond donors (Lipinski definition) is 0. The predicted molar refractivity (Wildman–Crippen MR) is 67.5 cm³/mol. The van der Waals surface area contributed by atoms with Crippen molar-refractivity contribution in [1.82, 2.24) is 4.90 Å². The number of nitrogens with zero attached hydrogens (tertiary/aromatic N) is 1. The second-order valence-electron chi connectivity index (χ2n) is 6.00. The minimum absolute atomic E-state index is 0.251. The quantitative estimate of drug-likeness (QED) is 0.670. The maximum absolute atomic E-state index is 12.1. The first-order chi connectivity index (χ1) is 8.08. The number of amides is 1. The minimum Gasteiger partial charge on any atom is -0.335 e. The van der Waals surface area contributed by atoms with Crippen molar-refractivity contribution in [3.63, 3.8) is 0 Å². The van der Waals surface area contributed by atoms with Crippen molar-refractivity contribution in [3.05, 3.63) is 35.4 Å². The van der Waals surface area contributed by atoms with Crippen LogP contribution in [0.3, 0.4) is 0 Å². The Bertz CT molecular complexity index is 464. The molecular formula is C15H19NO. The van der Waals surface area contributed by atoms with E-state index in [4.69, 9.17) is 0 Å². The van der Waals surface area contributed by atoms with Crippen LogP contribution in [0.2, 0.25) is 0 Å². The van der Waals surface area contributed by atoms with Gasteiger partial charge in [0.15, 0.2) is 0 Å². The second kappa shape index (κ2) is 3.59. The molecule has 2 heterocycles. The van der Waals surface area contributed by atoms with Gasteiger partial charge >= 0.3 is 0 Å². The molecule has 0 N–H and O–H groups in total. The Hall–Kier alpha value is -1.31. The SMILES string of the molecule is CC1(C)CCC(=O)N2Cc3ccccc3CC21. The molecule has 0 radical (unpaired) electrons. The largest absolute Gasteiger partial charge is 0.335 e. The fourth-order valence-corrected chi connectivity index (χ4v) is 3.22. The molecule has 1 aromatic rings. The molecule has 2 heteroatoms. The van der Waals surface area contributed by atoms with Gasteiger partial charge in [-0.1, -0.05) is 38.1 Å². The summed E-state index contributed by atoms with van der Waals surface area (Å²) in [6.07, 6.45) is 2.76. The van der Waals surface area contributed by atoms with Crippen LogP contribution in [0, 0.1) is 5.41 Å². The second-order valence-corrected chi connectivity index (χ2v) is 6.00. The van der Waals surface area contributed by atoms with Crippen molar-refractivity contribution in [2.24, 2.45) is 5.41 Å². The average molecular weight is 229 g/mol. The van der Waals surface area contributed by atoms with Crippen molar-refractivity contribution >= 4 is 5.91 Å². The van der Waals surface area contributed by atoms with Gasteiger partial charge in [-0.05, 0) is 29.4 Å². The summed E-state index contributed by atoms with van der Waals surface area (Å²) in [6, 6.07) is 8.92. The van der Waals surface area contributed by atoms with Gasteiger partial charge in [-0.15, -0.1) is 0 Å². The first-order valence-corrected chi connectivity index (χ1v) is 6.44. The standard InChI is InChI=1S/C15H19NO/c1-15(2)8-7-14(17)16-10-12-6-4-3-5-11(12)9-13(15)16/h3-6,13H,7-10H2,1-2H3. The van der Waals surface area contributed by atoms with Crippen molar-refractivity contribution in [3.8, 4) is 0 Å². The van der Waals surface area contributed by atoms with Crippen LogP contribution in [0.25, 0.3) is 0 Å². The lowest BCUT2D eigenvalue weighted by molar-refractivity contribution is -0.143. The Balaban J connectivity index is 2.01. The first kappa shape index (κ1) is 10.8. The van der Waals surface area contributed by atoms with E-state index in [2.05, 4.69) is 43.0 Å². The molecule has 1 aromatic carbocycles. The molecule has 0 aromatic heterocycles. The molecule has 0 aliphatic carbocycles. The zero-order valence-corrected chi connectivity index (χ0v) is 10.6. The molecule has 2 aliphatic rings. The predicted octanol–water partition coefficient (Wildman–Crippen LogP) is 2.76. The van der Waals surface area contributed by atoms with Gasteiger partial charge in [-0.25, -0.2) is 0 Å².